The van der Waals surface area contributed by atoms with Crippen molar-refractivity contribution >= 4 is 38.3 Å². The Kier molecular flexibility index (Phi) is 7.37. The highest BCUT2D eigenvalue weighted by atomic mass is 35.5. The summed E-state index contributed by atoms with van der Waals surface area (Å²) in [6, 6.07) is 10.0. The van der Waals surface area contributed by atoms with Gasteiger partial charge in [-0.25, -0.2) is 13.4 Å². The van der Waals surface area contributed by atoms with Gasteiger partial charge in [0.15, 0.2) is 0 Å². The van der Waals surface area contributed by atoms with Crippen molar-refractivity contribution in [3.63, 3.8) is 0 Å². The van der Waals surface area contributed by atoms with Gasteiger partial charge in [0.05, 0.1) is 4.90 Å². The van der Waals surface area contributed by atoms with E-state index in [-0.39, 0.29) is 17.2 Å². The Labute approximate surface area is 217 Å². The highest BCUT2D eigenvalue weighted by molar-refractivity contribution is 7.89. The molecule has 1 N–H and O–H groups in total. The normalized spacial score (nSPS) is 21.3. The number of benzene rings is 2. The van der Waals surface area contributed by atoms with Crippen LogP contribution in [0.2, 0.25) is 5.28 Å². The van der Waals surface area contributed by atoms with E-state index in [4.69, 9.17) is 11.6 Å². The van der Waals surface area contributed by atoms with Gasteiger partial charge in [-0.1, -0.05) is 49.6 Å². The van der Waals surface area contributed by atoms with Gasteiger partial charge < -0.3 is 9.47 Å². The second-order valence-corrected chi connectivity index (χ2v) is 12.2. The molecule has 2 aliphatic rings. The van der Waals surface area contributed by atoms with Gasteiger partial charge in [0, 0.05) is 37.4 Å². The number of nitrogens with zero attached hydrogens (tertiary/aromatic N) is 3. The number of sulfonamides is 1. The van der Waals surface area contributed by atoms with Crippen molar-refractivity contribution in [1.29, 1.82) is 0 Å². The van der Waals surface area contributed by atoms with Crippen LogP contribution >= 0.6 is 11.6 Å². The zero-order valence-electron chi connectivity index (χ0n) is 20.6. The molecule has 7 nitrogen and oxygen atoms in total. The molecule has 3 unspecified atom stereocenters. The SMILES string of the molecule is Cc1ccc(S(=O)(=O)NC(CCn2ccnc2Cl)C(=O)N2CCC3CCCCC3C2)c2ccccc12. The van der Waals surface area contributed by atoms with Gasteiger partial charge in [-0.3, -0.25) is 4.79 Å². The third-order valence-corrected chi connectivity index (χ3v) is 9.76. The Morgan fingerprint density at radius 3 is 2.61 bits per heavy atom. The summed E-state index contributed by atoms with van der Waals surface area (Å²) in [6.45, 7) is 3.73. The lowest BCUT2D eigenvalue weighted by Crippen LogP contribution is -2.53. The van der Waals surface area contributed by atoms with Crippen LogP contribution in [0.1, 0.15) is 44.1 Å². The Balaban J connectivity index is 1.42. The topological polar surface area (TPSA) is 84.3 Å². The maximum atomic E-state index is 13.8. The molecule has 2 fully saturated rings. The molecule has 3 atom stereocenters. The van der Waals surface area contributed by atoms with Crippen molar-refractivity contribution in [2.24, 2.45) is 11.8 Å². The molecule has 9 heteroatoms. The number of aromatic nitrogens is 2. The second kappa shape index (κ2) is 10.5. The fraction of sp³-hybridized carbons (Fsp3) is 0.481. The smallest absolute Gasteiger partial charge is 0.241 e. The van der Waals surface area contributed by atoms with E-state index in [1.165, 1.54) is 19.3 Å². The molecule has 1 saturated heterocycles. The average molecular weight is 529 g/mol. The number of rotatable bonds is 7. The first kappa shape index (κ1) is 25.2. The van der Waals surface area contributed by atoms with Crippen molar-refractivity contribution in [3.05, 3.63) is 59.6 Å². The number of aryl methyl sites for hydroxylation is 2. The largest absolute Gasteiger partial charge is 0.341 e. The first-order chi connectivity index (χ1) is 17.3. The van der Waals surface area contributed by atoms with Crippen LogP contribution in [0.25, 0.3) is 10.8 Å². The van der Waals surface area contributed by atoms with E-state index in [1.807, 2.05) is 42.2 Å². The lowest BCUT2D eigenvalue weighted by molar-refractivity contribution is -0.136. The Hall–Kier alpha value is -2.42. The molecule has 5 rings (SSSR count). The number of likely N-dealkylation sites (tertiary alicyclic amines) is 1. The first-order valence-electron chi connectivity index (χ1n) is 12.8. The van der Waals surface area contributed by atoms with Crippen LogP contribution in [-0.4, -0.2) is 47.9 Å². The highest BCUT2D eigenvalue weighted by Gasteiger charge is 2.36. The van der Waals surface area contributed by atoms with Crippen LogP contribution in [0.15, 0.2) is 53.7 Å². The quantitative estimate of drug-likeness (QED) is 0.478. The molecule has 0 spiro atoms. The number of halogens is 1. The number of fused-ring (bicyclic) bond motifs is 2. The summed E-state index contributed by atoms with van der Waals surface area (Å²) < 4.78 is 31.9. The molecule has 1 aliphatic heterocycles. The van der Waals surface area contributed by atoms with Crippen LogP contribution in [0.3, 0.4) is 0 Å². The van der Waals surface area contributed by atoms with Crippen molar-refractivity contribution in [2.75, 3.05) is 13.1 Å². The van der Waals surface area contributed by atoms with E-state index >= 15 is 0 Å². The second-order valence-electron chi connectivity index (χ2n) is 10.2. The third kappa shape index (κ3) is 5.17. The number of carbonyl (C=O) groups excluding carboxylic acids is 1. The summed E-state index contributed by atoms with van der Waals surface area (Å²) in [6.07, 6.45) is 9.46. The van der Waals surface area contributed by atoms with E-state index in [0.29, 0.717) is 42.1 Å². The Morgan fingerprint density at radius 2 is 1.86 bits per heavy atom. The summed E-state index contributed by atoms with van der Waals surface area (Å²) in [4.78, 5) is 19.9. The van der Waals surface area contributed by atoms with Gasteiger partial charge in [-0.05, 0) is 66.6 Å². The summed E-state index contributed by atoms with van der Waals surface area (Å²) in [5.41, 5.74) is 1.00. The fourth-order valence-electron chi connectivity index (χ4n) is 5.91. The fourth-order valence-corrected chi connectivity index (χ4v) is 7.54. The highest BCUT2D eigenvalue weighted by Crippen LogP contribution is 2.36. The van der Waals surface area contributed by atoms with Crippen LogP contribution in [0.4, 0.5) is 0 Å². The number of imidazole rings is 1. The molecule has 1 amide bonds. The number of nitrogens with one attached hydrogen (secondary N) is 1. The van der Waals surface area contributed by atoms with Crippen LogP contribution < -0.4 is 4.72 Å². The number of piperidine rings is 1. The minimum absolute atomic E-state index is 0.157. The first-order valence-corrected chi connectivity index (χ1v) is 14.7. The summed E-state index contributed by atoms with van der Waals surface area (Å²) in [7, 11) is -3.97. The van der Waals surface area contributed by atoms with Gasteiger partial charge in [-0.2, -0.15) is 4.72 Å². The van der Waals surface area contributed by atoms with Crippen molar-refractivity contribution in [2.45, 2.75) is 62.9 Å². The molecular formula is C27H33ClN4O3S. The molecule has 2 aromatic carbocycles. The van der Waals surface area contributed by atoms with E-state index < -0.39 is 16.1 Å². The predicted molar refractivity (Wildman–Crippen MR) is 141 cm³/mol. The molecule has 2 heterocycles. The van der Waals surface area contributed by atoms with Crippen LogP contribution in [-0.2, 0) is 21.4 Å². The Morgan fingerprint density at radius 1 is 1.11 bits per heavy atom. The molecule has 192 valence electrons. The van der Waals surface area contributed by atoms with Crippen LogP contribution in [0, 0.1) is 18.8 Å². The Bertz CT molecular complexity index is 1360. The number of amides is 1. The molecule has 36 heavy (non-hydrogen) atoms. The molecule has 1 aliphatic carbocycles. The zero-order chi connectivity index (χ0) is 25.3. The van der Waals surface area contributed by atoms with E-state index in [9.17, 15) is 13.2 Å². The average Bonchev–Trinajstić information content (AvgIpc) is 3.30. The van der Waals surface area contributed by atoms with E-state index in [0.717, 1.165) is 23.8 Å². The molecule has 1 saturated carbocycles. The molecule has 1 aromatic heterocycles. The van der Waals surface area contributed by atoms with Crippen molar-refractivity contribution in [1.82, 2.24) is 19.2 Å². The van der Waals surface area contributed by atoms with Gasteiger partial charge in [0.25, 0.3) is 0 Å². The third-order valence-electron chi connectivity index (χ3n) is 7.91. The van der Waals surface area contributed by atoms with E-state index in [2.05, 4.69) is 9.71 Å². The summed E-state index contributed by atoms with van der Waals surface area (Å²) in [5.74, 6) is 1.04. The van der Waals surface area contributed by atoms with Gasteiger partial charge in [0.1, 0.15) is 6.04 Å². The lowest BCUT2D eigenvalue weighted by Gasteiger charge is -2.42. The lowest BCUT2D eigenvalue weighted by atomic mass is 9.75. The van der Waals surface area contributed by atoms with E-state index in [1.54, 1.807) is 23.0 Å². The van der Waals surface area contributed by atoms with Crippen LogP contribution in [0.5, 0.6) is 0 Å². The standard InChI is InChI=1S/C27H33ClN4O3S/c1-19-10-11-25(23-9-5-4-8-22(19)23)36(34,35)30-24(13-16-31-17-14-29-27(31)28)26(33)32-15-12-20-6-2-3-7-21(20)18-32/h4-5,8-11,14,17,20-21,24,30H,2-3,6-7,12-13,15-16,18H2,1H3. The van der Waals surface area contributed by atoms with Crippen molar-refractivity contribution < 1.29 is 13.2 Å². The van der Waals surface area contributed by atoms with Gasteiger partial charge in [0.2, 0.25) is 21.2 Å². The number of carbonyl (C=O) groups is 1. The molecule has 3 aromatic rings. The molecular weight excluding hydrogens is 496 g/mol. The summed E-state index contributed by atoms with van der Waals surface area (Å²) in [5, 5.41) is 1.85. The molecule has 0 bridgehead atoms. The van der Waals surface area contributed by atoms with Crippen molar-refractivity contribution in [3.8, 4) is 0 Å². The van der Waals surface area contributed by atoms with Gasteiger partial charge >= 0.3 is 0 Å². The number of hydrogen-bond donors (Lipinski definition) is 1. The predicted octanol–water partition coefficient (Wildman–Crippen LogP) is 4.77. The van der Waals surface area contributed by atoms with Gasteiger partial charge in [-0.15, -0.1) is 0 Å². The number of hydrogen-bond acceptors (Lipinski definition) is 4. The zero-order valence-corrected chi connectivity index (χ0v) is 22.1. The summed E-state index contributed by atoms with van der Waals surface area (Å²) >= 11 is 6.15. The minimum atomic E-state index is -3.97. The maximum Gasteiger partial charge on any atom is 0.241 e. The molecule has 0 radical (unpaired) electrons. The monoisotopic (exact) mass is 528 g/mol. The minimum Gasteiger partial charge on any atom is -0.341 e. The maximum absolute atomic E-state index is 13.8.